The van der Waals surface area contributed by atoms with Gasteiger partial charge in [-0.05, 0) is 5.82 Å². The first-order valence-electron chi connectivity index (χ1n) is 4.14. The maximum Gasteiger partial charge on any atom is 0.127 e. The quantitative estimate of drug-likeness (QED) is 0.591. The number of hydrogen-bond donors (Lipinski definition) is 1. The van der Waals surface area contributed by atoms with E-state index in [9.17, 15) is 4.39 Å². The molecular formula is C7H14BFO2. The highest BCUT2D eigenvalue weighted by Crippen LogP contribution is 2.25. The van der Waals surface area contributed by atoms with Crippen molar-refractivity contribution in [1.29, 1.82) is 0 Å². The van der Waals surface area contributed by atoms with Crippen LogP contribution in [0.5, 0.6) is 0 Å². The normalized spacial score (nSPS) is 38.6. The van der Waals surface area contributed by atoms with Gasteiger partial charge in [-0.15, -0.1) is 0 Å². The van der Waals surface area contributed by atoms with Gasteiger partial charge in [0.25, 0.3) is 0 Å². The Morgan fingerprint density at radius 1 is 1.73 bits per heavy atom. The molecule has 0 amide bonds. The minimum atomic E-state index is -0.786. The van der Waals surface area contributed by atoms with Crippen LogP contribution in [0.1, 0.15) is 6.42 Å². The summed E-state index contributed by atoms with van der Waals surface area (Å²) in [6.45, 7) is 2.36. The predicted octanol–water partition coefficient (Wildman–Crippen LogP) is 0.379. The molecule has 3 atom stereocenters. The summed E-state index contributed by atoms with van der Waals surface area (Å²) in [5, 5.41) is 8.68. The Morgan fingerprint density at radius 2 is 2.45 bits per heavy atom. The second kappa shape index (κ2) is 4.07. The highest BCUT2D eigenvalue weighted by atomic mass is 19.1. The predicted molar refractivity (Wildman–Crippen MR) is 43.1 cm³/mol. The minimum Gasteiger partial charge on any atom is -0.394 e. The molecule has 1 fully saturated rings. The second-order valence-corrected chi connectivity index (χ2v) is 3.06. The zero-order valence-electron chi connectivity index (χ0n) is 6.79. The van der Waals surface area contributed by atoms with E-state index in [1.165, 1.54) is 0 Å². The van der Waals surface area contributed by atoms with Crippen molar-refractivity contribution in [2.75, 3.05) is 13.2 Å². The Labute approximate surface area is 67.0 Å². The van der Waals surface area contributed by atoms with Gasteiger partial charge in [-0.3, -0.25) is 0 Å². The van der Waals surface area contributed by atoms with Crippen LogP contribution >= 0.6 is 0 Å². The largest absolute Gasteiger partial charge is 0.394 e. The number of ether oxygens (including phenoxy) is 1. The van der Waals surface area contributed by atoms with Gasteiger partial charge in [0.15, 0.2) is 0 Å². The highest BCUT2D eigenvalue weighted by Gasteiger charge is 2.29. The smallest absolute Gasteiger partial charge is 0.127 e. The molecule has 1 N–H and O–H groups in total. The van der Waals surface area contributed by atoms with Crippen molar-refractivity contribution in [2.45, 2.75) is 31.3 Å². The molecule has 0 radical (unpaired) electrons. The molecule has 1 rings (SSSR count). The molecule has 0 saturated carbocycles. The van der Waals surface area contributed by atoms with Crippen LogP contribution in [0, 0.1) is 0 Å². The van der Waals surface area contributed by atoms with Gasteiger partial charge in [-0.1, -0.05) is 6.82 Å². The van der Waals surface area contributed by atoms with Gasteiger partial charge in [0.1, 0.15) is 13.5 Å². The third-order valence-corrected chi connectivity index (χ3v) is 2.27. The van der Waals surface area contributed by atoms with E-state index in [1.54, 1.807) is 0 Å². The molecule has 0 spiro atoms. The first-order valence-corrected chi connectivity index (χ1v) is 4.14. The van der Waals surface area contributed by atoms with Gasteiger partial charge < -0.3 is 9.84 Å². The number of alkyl halides is 1. The lowest BCUT2D eigenvalue weighted by Gasteiger charge is -2.30. The minimum absolute atomic E-state index is 0.0396. The number of halogens is 1. The summed E-state index contributed by atoms with van der Waals surface area (Å²) in [7, 11) is 0.819. The Bertz CT molecular complexity index is 123. The van der Waals surface area contributed by atoms with Gasteiger partial charge in [0.2, 0.25) is 0 Å². The number of hydrogen-bond acceptors (Lipinski definition) is 2. The first kappa shape index (κ1) is 9.01. The fourth-order valence-corrected chi connectivity index (χ4v) is 1.38. The van der Waals surface area contributed by atoms with Gasteiger partial charge in [-0.25, -0.2) is 4.39 Å². The Hall–Kier alpha value is -0.0851. The molecule has 0 aromatic carbocycles. The zero-order chi connectivity index (χ0) is 8.27. The van der Waals surface area contributed by atoms with Gasteiger partial charge >= 0.3 is 0 Å². The van der Waals surface area contributed by atoms with Gasteiger partial charge in [0, 0.05) is 13.0 Å². The second-order valence-electron chi connectivity index (χ2n) is 3.06. The van der Waals surface area contributed by atoms with Crippen molar-refractivity contribution >= 4 is 7.28 Å². The SMILES string of the molecule is CBC1COC(CO)C[C@H]1F. The molecule has 4 heteroatoms. The first-order chi connectivity index (χ1) is 5.27. The Morgan fingerprint density at radius 3 is 2.91 bits per heavy atom. The maximum atomic E-state index is 13.1. The third kappa shape index (κ3) is 2.17. The molecule has 2 nitrogen and oxygen atoms in total. The Kier molecular flexibility index (Phi) is 3.33. The van der Waals surface area contributed by atoms with Crippen molar-refractivity contribution in [3.63, 3.8) is 0 Å². The van der Waals surface area contributed by atoms with Crippen LogP contribution < -0.4 is 0 Å². The standard InChI is InChI=1S/C7H14BFO2/c1-8-6-4-11-5(3-10)2-7(6)9/h5-8,10H,2-4H2,1H3/t5?,6?,7-/m1/s1. The summed E-state index contributed by atoms with van der Waals surface area (Å²) in [6, 6.07) is 0. The molecule has 1 aliphatic rings. The lowest BCUT2D eigenvalue weighted by atomic mass is 9.63. The number of rotatable bonds is 2. The van der Waals surface area contributed by atoms with E-state index in [2.05, 4.69) is 0 Å². The summed E-state index contributed by atoms with van der Waals surface area (Å²) in [4.78, 5) is 0. The van der Waals surface area contributed by atoms with Crippen LogP contribution in [-0.2, 0) is 4.74 Å². The van der Waals surface area contributed by atoms with E-state index in [4.69, 9.17) is 9.84 Å². The lowest BCUT2D eigenvalue weighted by molar-refractivity contribution is -0.0438. The fraction of sp³-hybridized carbons (Fsp3) is 1.00. The Balaban J connectivity index is 2.34. The molecule has 0 aromatic rings. The summed E-state index contributed by atoms with van der Waals surface area (Å²) in [6.07, 6.45) is -0.701. The molecule has 1 saturated heterocycles. The summed E-state index contributed by atoms with van der Waals surface area (Å²) in [5.41, 5.74) is 0. The van der Waals surface area contributed by atoms with E-state index < -0.39 is 6.17 Å². The molecule has 0 aromatic heterocycles. The van der Waals surface area contributed by atoms with Gasteiger partial charge in [-0.2, -0.15) is 0 Å². The lowest BCUT2D eigenvalue weighted by Crippen LogP contribution is -2.35. The van der Waals surface area contributed by atoms with Crippen LogP contribution in [0.4, 0.5) is 4.39 Å². The van der Waals surface area contributed by atoms with Crippen molar-refractivity contribution in [3.05, 3.63) is 0 Å². The third-order valence-electron chi connectivity index (χ3n) is 2.27. The molecule has 1 heterocycles. The number of aliphatic hydroxyl groups excluding tert-OH is 1. The average Bonchev–Trinajstić information content (AvgIpc) is 2.04. The fourth-order valence-electron chi connectivity index (χ4n) is 1.38. The molecule has 11 heavy (non-hydrogen) atoms. The summed E-state index contributed by atoms with van der Waals surface area (Å²) in [5.74, 6) is 0.0396. The van der Waals surface area contributed by atoms with Crippen molar-refractivity contribution in [2.24, 2.45) is 0 Å². The average molecular weight is 160 g/mol. The molecule has 0 aliphatic carbocycles. The van der Waals surface area contributed by atoms with E-state index in [-0.39, 0.29) is 18.5 Å². The van der Waals surface area contributed by atoms with E-state index in [0.29, 0.717) is 13.0 Å². The van der Waals surface area contributed by atoms with E-state index >= 15 is 0 Å². The van der Waals surface area contributed by atoms with Crippen molar-refractivity contribution in [3.8, 4) is 0 Å². The van der Waals surface area contributed by atoms with Crippen molar-refractivity contribution in [1.82, 2.24) is 0 Å². The van der Waals surface area contributed by atoms with Crippen molar-refractivity contribution < 1.29 is 14.2 Å². The summed E-state index contributed by atoms with van der Waals surface area (Å²) >= 11 is 0. The van der Waals surface area contributed by atoms with Crippen LogP contribution in [0.3, 0.4) is 0 Å². The molecular weight excluding hydrogens is 146 g/mol. The zero-order valence-corrected chi connectivity index (χ0v) is 6.79. The number of aliphatic hydroxyl groups is 1. The van der Waals surface area contributed by atoms with E-state index in [0.717, 1.165) is 7.28 Å². The van der Waals surface area contributed by atoms with Crippen LogP contribution in [0.2, 0.25) is 12.6 Å². The van der Waals surface area contributed by atoms with Crippen LogP contribution in [-0.4, -0.2) is 37.9 Å². The van der Waals surface area contributed by atoms with Gasteiger partial charge in [0.05, 0.1) is 12.7 Å². The highest BCUT2D eigenvalue weighted by molar-refractivity contribution is 6.36. The maximum absolute atomic E-state index is 13.1. The molecule has 2 unspecified atom stereocenters. The topological polar surface area (TPSA) is 29.5 Å². The summed E-state index contributed by atoms with van der Waals surface area (Å²) < 4.78 is 18.3. The molecule has 0 bridgehead atoms. The molecule has 64 valence electrons. The van der Waals surface area contributed by atoms with Crippen LogP contribution in [0.15, 0.2) is 0 Å². The van der Waals surface area contributed by atoms with E-state index in [1.807, 2.05) is 6.82 Å². The van der Waals surface area contributed by atoms with Crippen LogP contribution in [0.25, 0.3) is 0 Å². The monoisotopic (exact) mass is 160 g/mol. The molecule has 1 aliphatic heterocycles.